The molecule has 11 nitrogen and oxygen atoms in total. The number of nitrogens with zero attached hydrogens (tertiary/aromatic N) is 2. The van der Waals surface area contributed by atoms with Crippen molar-refractivity contribution in [1.82, 2.24) is 9.78 Å². The van der Waals surface area contributed by atoms with E-state index in [0.717, 1.165) is 0 Å². The third-order valence-corrected chi connectivity index (χ3v) is 7.01. The molecular formula is C33H30N2O9. The fourth-order valence-electron chi connectivity index (χ4n) is 4.89. The first-order valence-electron chi connectivity index (χ1n) is 13.5. The van der Waals surface area contributed by atoms with Gasteiger partial charge in [-0.2, -0.15) is 5.10 Å². The second-order valence-electron chi connectivity index (χ2n) is 9.70. The molecule has 11 heteroatoms. The highest BCUT2D eigenvalue weighted by atomic mass is 16.7. The van der Waals surface area contributed by atoms with Crippen LogP contribution < -0.4 is 23.7 Å². The Kier molecular flexibility index (Phi) is 8.85. The van der Waals surface area contributed by atoms with Gasteiger partial charge in [-0.25, -0.2) is 9.59 Å². The van der Waals surface area contributed by atoms with Crippen LogP contribution in [-0.2, 0) is 24.4 Å². The quantitative estimate of drug-likeness (QED) is 0.150. The Bertz CT molecular complexity index is 1760. The summed E-state index contributed by atoms with van der Waals surface area (Å²) in [6.45, 7) is 4.20. The molecule has 1 aromatic heterocycles. The summed E-state index contributed by atoms with van der Waals surface area (Å²) in [7, 11) is 3.03. The largest absolute Gasteiger partial charge is 0.497 e. The molecule has 1 aliphatic heterocycles. The maximum Gasteiger partial charge on any atom is 0.336 e. The van der Waals surface area contributed by atoms with Gasteiger partial charge in [0.05, 0.1) is 38.2 Å². The van der Waals surface area contributed by atoms with Gasteiger partial charge in [0.25, 0.3) is 0 Å². The number of methoxy groups -OCH3 is 2. The molecule has 0 bridgehead atoms. The van der Waals surface area contributed by atoms with E-state index in [-0.39, 0.29) is 31.0 Å². The van der Waals surface area contributed by atoms with E-state index in [0.29, 0.717) is 63.2 Å². The molecule has 0 unspecified atom stereocenters. The number of aromatic nitrogens is 2. The van der Waals surface area contributed by atoms with Crippen molar-refractivity contribution in [2.24, 2.45) is 0 Å². The normalized spacial score (nSPS) is 12.1. The average molecular weight is 599 g/mol. The summed E-state index contributed by atoms with van der Waals surface area (Å²) in [6, 6.07) is 15.2. The lowest BCUT2D eigenvalue weighted by atomic mass is 9.99. The number of rotatable bonds is 13. The van der Waals surface area contributed by atoms with Crippen molar-refractivity contribution in [3.05, 3.63) is 101 Å². The van der Waals surface area contributed by atoms with Gasteiger partial charge in [0, 0.05) is 46.4 Å². The molecule has 44 heavy (non-hydrogen) atoms. The molecule has 226 valence electrons. The lowest BCUT2D eigenvalue weighted by Gasteiger charge is -2.16. The topological polar surface area (TPSA) is 139 Å². The van der Waals surface area contributed by atoms with Crippen LogP contribution >= 0.6 is 0 Å². The molecule has 0 saturated heterocycles. The summed E-state index contributed by atoms with van der Waals surface area (Å²) in [5.41, 5.74) is 2.98. The Morgan fingerprint density at radius 3 is 2.48 bits per heavy atom. The monoisotopic (exact) mass is 598 g/mol. The minimum absolute atomic E-state index is 0.0270. The summed E-state index contributed by atoms with van der Waals surface area (Å²) in [4.78, 5) is 24.3. The zero-order valence-corrected chi connectivity index (χ0v) is 24.1. The number of aliphatic carboxylic acids is 1. The van der Waals surface area contributed by atoms with E-state index in [1.165, 1.54) is 20.3 Å². The van der Waals surface area contributed by atoms with E-state index >= 15 is 0 Å². The number of benzene rings is 3. The number of fused-ring (bicyclic) bond motifs is 1. The lowest BCUT2D eigenvalue weighted by Crippen LogP contribution is -2.07. The lowest BCUT2D eigenvalue weighted by molar-refractivity contribution is -0.132. The molecule has 2 N–H and O–H groups in total. The van der Waals surface area contributed by atoms with Crippen molar-refractivity contribution in [2.45, 2.75) is 19.6 Å². The van der Waals surface area contributed by atoms with Gasteiger partial charge in [-0.1, -0.05) is 24.3 Å². The number of carboxylic acid groups (broad SMARTS) is 2. The van der Waals surface area contributed by atoms with Crippen LogP contribution in [0.5, 0.6) is 28.7 Å². The number of allylic oxidation sites excluding steroid dienone is 1. The number of carbonyl (C=O) groups is 2. The van der Waals surface area contributed by atoms with E-state index in [4.69, 9.17) is 23.7 Å². The minimum Gasteiger partial charge on any atom is -0.497 e. The number of ether oxygens (including phenoxy) is 5. The third-order valence-electron chi connectivity index (χ3n) is 7.01. The van der Waals surface area contributed by atoms with Crippen LogP contribution in [0.2, 0.25) is 0 Å². The van der Waals surface area contributed by atoms with E-state index in [1.807, 2.05) is 0 Å². The molecule has 1 aliphatic rings. The first kappa shape index (κ1) is 29.8. The molecule has 0 fully saturated rings. The highest BCUT2D eigenvalue weighted by Gasteiger charge is 2.23. The third kappa shape index (κ3) is 6.21. The molecule has 0 spiro atoms. The van der Waals surface area contributed by atoms with Gasteiger partial charge < -0.3 is 33.9 Å². The van der Waals surface area contributed by atoms with E-state index < -0.39 is 11.9 Å². The zero-order chi connectivity index (χ0) is 31.2. The average Bonchev–Trinajstić information content (AvgIpc) is 3.65. The van der Waals surface area contributed by atoms with Crippen molar-refractivity contribution in [3.8, 4) is 40.0 Å². The fraction of sp³-hybridized carbons (Fsp3) is 0.182. The summed E-state index contributed by atoms with van der Waals surface area (Å²) >= 11 is 0. The molecule has 0 aliphatic carbocycles. The Labute approximate surface area is 253 Å². The van der Waals surface area contributed by atoms with Gasteiger partial charge in [0.15, 0.2) is 11.5 Å². The second-order valence-corrected chi connectivity index (χ2v) is 9.70. The molecule has 0 atom stereocenters. The summed E-state index contributed by atoms with van der Waals surface area (Å²) in [5, 5.41) is 24.4. The van der Waals surface area contributed by atoms with Crippen molar-refractivity contribution < 1.29 is 43.5 Å². The second kappa shape index (κ2) is 13.1. The van der Waals surface area contributed by atoms with Gasteiger partial charge in [0.1, 0.15) is 23.9 Å². The highest BCUT2D eigenvalue weighted by Crippen LogP contribution is 2.40. The van der Waals surface area contributed by atoms with Crippen molar-refractivity contribution in [2.75, 3.05) is 21.0 Å². The van der Waals surface area contributed by atoms with E-state index in [1.54, 1.807) is 71.6 Å². The molecule has 0 radical (unpaired) electrons. The Balaban J connectivity index is 1.57. The van der Waals surface area contributed by atoms with Gasteiger partial charge >= 0.3 is 11.9 Å². The molecule has 2 heterocycles. The number of hydrogen-bond acceptors (Lipinski definition) is 8. The predicted molar refractivity (Wildman–Crippen MR) is 161 cm³/mol. The predicted octanol–water partition coefficient (Wildman–Crippen LogP) is 5.47. The van der Waals surface area contributed by atoms with Crippen LogP contribution in [0, 0.1) is 0 Å². The Morgan fingerprint density at radius 1 is 1.00 bits per heavy atom. The Hall–Kier alpha value is -5.71. The maximum atomic E-state index is 12.5. The number of hydrogen-bond donors (Lipinski definition) is 2. The standard InChI is InChI=1S/C33H30N2O9/c1-4-11-35-31(26-10-9-24(40-2)15-28(26)42-18-20-7-5-6-8-25(20)33(38)39)23(17-34-35)13-22(32(36)37)12-21-14-29-30(44-19-43-29)16-27(21)41-3/h4-10,13-17H,1,11-12,18-19H2,2-3H3,(H,36,37)(H,38,39)/b22-13+. The SMILES string of the molecule is C=CCn1ncc(/C=C(\Cc2cc3c(cc2OC)OCO3)C(=O)O)c1-c1ccc(OC)cc1OCc1ccccc1C(=O)O. The van der Waals surface area contributed by atoms with E-state index in [9.17, 15) is 19.8 Å². The molecule has 5 rings (SSSR count). The summed E-state index contributed by atoms with van der Waals surface area (Å²) in [6.07, 6.45) is 4.83. The smallest absolute Gasteiger partial charge is 0.336 e. The van der Waals surface area contributed by atoms with Gasteiger partial charge in [-0.3, -0.25) is 4.68 Å². The zero-order valence-electron chi connectivity index (χ0n) is 24.1. The van der Waals surface area contributed by atoms with Crippen molar-refractivity contribution in [1.29, 1.82) is 0 Å². The number of carboxylic acids is 2. The van der Waals surface area contributed by atoms with Crippen molar-refractivity contribution in [3.63, 3.8) is 0 Å². The Morgan fingerprint density at radius 2 is 1.77 bits per heavy atom. The molecule has 3 aromatic carbocycles. The summed E-state index contributed by atoms with van der Waals surface area (Å²) in [5.74, 6) is 0.224. The van der Waals surface area contributed by atoms with Crippen LogP contribution in [0.4, 0.5) is 0 Å². The van der Waals surface area contributed by atoms with Crippen molar-refractivity contribution >= 4 is 18.0 Å². The van der Waals surface area contributed by atoms with Gasteiger partial charge in [-0.05, 0) is 30.3 Å². The van der Waals surface area contributed by atoms with Gasteiger partial charge in [-0.15, -0.1) is 6.58 Å². The van der Waals surface area contributed by atoms with Crippen LogP contribution in [0.15, 0.2) is 79.0 Å². The first-order valence-corrected chi connectivity index (χ1v) is 13.5. The van der Waals surface area contributed by atoms with Crippen LogP contribution in [0.25, 0.3) is 17.3 Å². The summed E-state index contributed by atoms with van der Waals surface area (Å²) < 4.78 is 29.7. The molecule has 0 amide bonds. The number of aromatic carboxylic acids is 1. The highest BCUT2D eigenvalue weighted by molar-refractivity contribution is 5.94. The van der Waals surface area contributed by atoms with E-state index in [2.05, 4.69) is 11.7 Å². The first-order chi connectivity index (χ1) is 21.3. The van der Waals surface area contributed by atoms with Crippen LogP contribution in [0.1, 0.15) is 27.0 Å². The molecule has 0 saturated carbocycles. The maximum absolute atomic E-state index is 12.5. The molecule has 4 aromatic rings. The van der Waals surface area contributed by atoms with Crippen LogP contribution in [0.3, 0.4) is 0 Å². The van der Waals surface area contributed by atoms with Gasteiger partial charge in [0.2, 0.25) is 6.79 Å². The minimum atomic E-state index is -1.12. The molecular weight excluding hydrogens is 568 g/mol. The fourth-order valence-corrected chi connectivity index (χ4v) is 4.89. The van der Waals surface area contributed by atoms with Crippen LogP contribution in [-0.4, -0.2) is 52.9 Å².